The fraction of sp³-hybridized carbons (Fsp3) is 0.226. The zero-order valence-electron chi connectivity index (χ0n) is 21.5. The predicted octanol–water partition coefficient (Wildman–Crippen LogP) is 6.40. The number of benzene rings is 4. The van der Waals surface area contributed by atoms with Crippen molar-refractivity contribution in [1.82, 2.24) is 4.90 Å². The normalized spacial score (nSPS) is 13.7. The molecule has 0 unspecified atom stereocenters. The van der Waals surface area contributed by atoms with Crippen molar-refractivity contribution in [2.75, 3.05) is 43.9 Å². The molecule has 8 heteroatoms. The van der Waals surface area contributed by atoms with E-state index in [2.05, 4.69) is 34.5 Å². The largest absolute Gasteiger partial charge is 0.478 e. The maximum atomic E-state index is 12.6. The van der Waals surface area contributed by atoms with E-state index in [1.54, 1.807) is 42.5 Å². The fourth-order valence-corrected chi connectivity index (χ4v) is 5.33. The van der Waals surface area contributed by atoms with E-state index in [4.69, 9.17) is 9.47 Å². The molecule has 0 aromatic heterocycles. The summed E-state index contributed by atoms with van der Waals surface area (Å²) in [6, 6.07) is 25.5. The molecule has 39 heavy (non-hydrogen) atoms. The monoisotopic (exact) mass is 542 g/mol. The number of hydrogen-bond donors (Lipinski definition) is 2. The molecule has 1 heterocycles. The van der Waals surface area contributed by atoms with Gasteiger partial charge in [0.15, 0.2) is 0 Å². The first-order chi connectivity index (χ1) is 19.0. The van der Waals surface area contributed by atoms with Crippen LogP contribution in [-0.4, -0.2) is 60.5 Å². The van der Waals surface area contributed by atoms with Crippen LogP contribution in [0.1, 0.15) is 27.1 Å². The van der Waals surface area contributed by atoms with E-state index in [-0.39, 0.29) is 11.3 Å². The molecule has 7 nitrogen and oxygen atoms in total. The minimum atomic E-state index is -1.10. The lowest BCUT2D eigenvalue weighted by Crippen LogP contribution is -2.36. The number of carboxylic acids is 1. The van der Waals surface area contributed by atoms with E-state index in [0.29, 0.717) is 17.1 Å². The standard InChI is InChI=1S/C31H30N2O5S/c34-30(32-29-5-2-1-4-28(29)31(35)36)22-6-10-25(11-7-22)38-26-12-8-24-21-27(13-9-23(24)20-26)39-19-3-14-33-15-17-37-18-16-33/h1-2,4-13,20-21H,3,14-19H2,(H,32,34)(H,35,36). The smallest absolute Gasteiger partial charge is 0.337 e. The number of nitrogens with one attached hydrogen (secondary N) is 1. The molecule has 1 amide bonds. The highest BCUT2D eigenvalue weighted by Gasteiger charge is 2.13. The SMILES string of the molecule is O=C(Nc1ccccc1C(=O)O)c1ccc(Oc2ccc3cc(SCCCN4CCOCC4)ccc3c2)cc1. The number of ether oxygens (including phenoxy) is 2. The van der Waals surface area contributed by atoms with Crippen LogP contribution in [0.3, 0.4) is 0 Å². The zero-order chi connectivity index (χ0) is 27.0. The van der Waals surface area contributed by atoms with Gasteiger partial charge in [-0.05, 0) is 90.2 Å². The molecule has 200 valence electrons. The summed E-state index contributed by atoms with van der Waals surface area (Å²) in [5.74, 6) is 0.907. The number of carbonyl (C=O) groups is 2. The second-order valence-electron chi connectivity index (χ2n) is 9.26. The maximum absolute atomic E-state index is 12.6. The van der Waals surface area contributed by atoms with E-state index < -0.39 is 11.9 Å². The highest BCUT2D eigenvalue weighted by Crippen LogP contribution is 2.29. The summed E-state index contributed by atoms with van der Waals surface area (Å²) in [6.07, 6.45) is 1.16. The van der Waals surface area contributed by atoms with Gasteiger partial charge in [-0.2, -0.15) is 0 Å². The number of aromatic carboxylic acids is 1. The Balaban J connectivity index is 1.16. The van der Waals surface area contributed by atoms with E-state index in [9.17, 15) is 14.7 Å². The van der Waals surface area contributed by atoms with Crippen LogP contribution in [0, 0.1) is 0 Å². The Hall–Kier alpha value is -3.85. The lowest BCUT2D eigenvalue weighted by atomic mass is 10.1. The van der Waals surface area contributed by atoms with Gasteiger partial charge in [0.25, 0.3) is 5.91 Å². The van der Waals surface area contributed by atoms with E-state index >= 15 is 0 Å². The van der Waals surface area contributed by atoms with Crippen LogP contribution >= 0.6 is 11.8 Å². The van der Waals surface area contributed by atoms with Crippen LogP contribution in [0.2, 0.25) is 0 Å². The van der Waals surface area contributed by atoms with Gasteiger partial charge in [0, 0.05) is 23.5 Å². The number of anilines is 1. The number of morpholine rings is 1. The Labute approximate surface area is 231 Å². The predicted molar refractivity (Wildman–Crippen MR) is 154 cm³/mol. The lowest BCUT2D eigenvalue weighted by Gasteiger charge is -2.26. The van der Waals surface area contributed by atoms with Gasteiger partial charge in [-0.3, -0.25) is 9.69 Å². The number of hydrogen-bond acceptors (Lipinski definition) is 6. The molecule has 4 aromatic carbocycles. The van der Waals surface area contributed by atoms with Crippen molar-refractivity contribution in [3.05, 3.63) is 96.1 Å². The van der Waals surface area contributed by atoms with Gasteiger partial charge >= 0.3 is 5.97 Å². The number of carboxylic acid groups (broad SMARTS) is 1. The van der Waals surface area contributed by atoms with Gasteiger partial charge in [0.05, 0.1) is 24.5 Å². The van der Waals surface area contributed by atoms with Crippen molar-refractivity contribution in [3.8, 4) is 11.5 Å². The number of carbonyl (C=O) groups excluding carboxylic acids is 1. The maximum Gasteiger partial charge on any atom is 0.337 e. The number of thioether (sulfide) groups is 1. The first-order valence-electron chi connectivity index (χ1n) is 12.9. The molecular weight excluding hydrogens is 512 g/mol. The fourth-order valence-electron chi connectivity index (χ4n) is 4.44. The summed E-state index contributed by atoms with van der Waals surface area (Å²) in [5.41, 5.74) is 0.689. The molecule has 2 N–H and O–H groups in total. The van der Waals surface area contributed by atoms with Crippen molar-refractivity contribution >= 4 is 40.1 Å². The molecule has 0 radical (unpaired) electrons. The topological polar surface area (TPSA) is 88.1 Å². The zero-order valence-corrected chi connectivity index (χ0v) is 22.3. The summed E-state index contributed by atoms with van der Waals surface area (Å²) in [7, 11) is 0. The second-order valence-corrected chi connectivity index (χ2v) is 10.4. The van der Waals surface area contributed by atoms with Gasteiger partial charge in [0.1, 0.15) is 11.5 Å². The third kappa shape index (κ3) is 7.17. The van der Waals surface area contributed by atoms with Crippen LogP contribution < -0.4 is 10.1 Å². The summed E-state index contributed by atoms with van der Waals surface area (Å²) in [6.45, 7) is 4.88. The minimum Gasteiger partial charge on any atom is -0.478 e. The number of para-hydroxylation sites is 1. The van der Waals surface area contributed by atoms with Gasteiger partial charge in [-0.1, -0.05) is 24.3 Å². The molecular formula is C31H30N2O5S. The molecule has 1 saturated heterocycles. The molecule has 0 atom stereocenters. The van der Waals surface area contributed by atoms with Crippen LogP contribution in [0.15, 0.2) is 89.8 Å². The second kappa shape index (κ2) is 12.8. The van der Waals surface area contributed by atoms with Crippen molar-refractivity contribution in [1.29, 1.82) is 0 Å². The van der Waals surface area contributed by atoms with Gasteiger partial charge < -0.3 is 19.9 Å². The third-order valence-electron chi connectivity index (χ3n) is 6.53. The van der Waals surface area contributed by atoms with E-state index in [1.807, 2.05) is 23.9 Å². The Morgan fingerprint density at radius 3 is 2.41 bits per heavy atom. The Kier molecular flexibility index (Phi) is 8.78. The molecule has 0 saturated carbocycles. The molecule has 4 aromatic rings. The van der Waals surface area contributed by atoms with Crippen molar-refractivity contribution in [2.24, 2.45) is 0 Å². The molecule has 5 rings (SSSR count). The third-order valence-corrected chi connectivity index (χ3v) is 7.61. The molecule has 0 spiro atoms. The molecule has 1 aliphatic heterocycles. The molecule has 1 aliphatic rings. The van der Waals surface area contributed by atoms with Gasteiger partial charge in [0.2, 0.25) is 0 Å². The number of rotatable bonds is 10. The number of amides is 1. The van der Waals surface area contributed by atoms with Crippen molar-refractivity contribution in [3.63, 3.8) is 0 Å². The quantitative estimate of drug-likeness (QED) is 0.177. The van der Waals surface area contributed by atoms with Gasteiger partial charge in [-0.25, -0.2) is 4.79 Å². The van der Waals surface area contributed by atoms with Crippen molar-refractivity contribution < 1.29 is 24.2 Å². The van der Waals surface area contributed by atoms with Crippen LogP contribution in [0.25, 0.3) is 10.8 Å². The first kappa shape index (κ1) is 26.7. The number of nitrogens with zero attached hydrogens (tertiary/aromatic N) is 1. The number of fused-ring (bicyclic) bond motifs is 1. The lowest BCUT2D eigenvalue weighted by molar-refractivity contribution is 0.0381. The molecule has 0 aliphatic carbocycles. The summed E-state index contributed by atoms with van der Waals surface area (Å²) >= 11 is 1.89. The van der Waals surface area contributed by atoms with E-state index in [1.165, 1.54) is 11.0 Å². The van der Waals surface area contributed by atoms with Crippen LogP contribution in [-0.2, 0) is 4.74 Å². The molecule has 1 fully saturated rings. The van der Waals surface area contributed by atoms with Gasteiger partial charge in [-0.15, -0.1) is 11.8 Å². The minimum absolute atomic E-state index is 0.0385. The Morgan fingerprint density at radius 2 is 1.62 bits per heavy atom. The molecule has 0 bridgehead atoms. The summed E-state index contributed by atoms with van der Waals surface area (Å²) in [4.78, 5) is 27.8. The average Bonchev–Trinajstić information content (AvgIpc) is 2.96. The summed E-state index contributed by atoms with van der Waals surface area (Å²) in [5, 5.41) is 14.2. The average molecular weight is 543 g/mol. The van der Waals surface area contributed by atoms with E-state index in [0.717, 1.165) is 55.8 Å². The highest BCUT2D eigenvalue weighted by molar-refractivity contribution is 7.99. The van der Waals surface area contributed by atoms with Crippen LogP contribution in [0.4, 0.5) is 5.69 Å². The first-order valence-corrected chi connectivity index (χ1v) is 13.9. The Bertz CT molecular complexity index is 1450. The Morgan fingerprint density at radius 1 is 0.897 bits per heavy atom. The van der Waals surface area contributed by atoms with Crippen LogP contribution in [0.5, 0.6) is 11.5 Å². The summed E-state index contributed by atoms with van der Waals surface area (Å²) < 4.78 is 11.4. The highest BCUT2D eigenvalue weighted by atomic mass is 32.2. The van der Waals surface area contributed by atoms with Crippen molar-refractivity contribution in [2.45, 2.75) is 11.3 Å².